The van der Waals surface area contributed by atoms with Crippen LogP contribution in [0.5, 0.6) is 0 Å². The van der Waals surface area contributed by atoms with E-state index in [0.29, 0.717) is 5.56 Å². The molecule has 102 valence electrons. The summed E-state index contributed by atoms with van der Waals surface area (Å²) < 4.78 is 0. The first kappa shape index (κ1) is 14.0. The van der Waals surface area contributed by atoms with Gasteiger partial charge in [0.1, 0.15) is 5.60 Å². The van der Waals surface area contributed by atoms with E-state index in [1.54, 1.807) is 26.8 Å². The van der Waals surface area contributed by atoms with E-state index in [-0.39, 0.29) is 6.61 Å². The van der Waals surface area contributed by atoms with Gasteiger partial charge in [-0.1, -0.05) is 24.3 Å². The summed E-state index contributed by atoms with van der Waals surface area (Å²) in [6.07, 6.45) is 0. The van der Waals surface area contributed by atoms with E-state index in [9.17, 15) is 15.3 Å². The topological polar surface area (TPSA) is 60.7 Å². The van der Waals surface area contributed by atoms with Gasteiger partial charge in [-0.3, -0.25) is 0 Å². The number of hydrogen-bond acceptors (Lipinski definition) is 3. The Morgan fingerprint density at radius 2 is 1.32 bits per heavy atom. The van der Waals surface area contributed by atoms with Crippen molar-refractivity contribution in [2.75, 3.05) is 6.61 Å². The maximum Gasteiger partial charge on any atom is 0.110 e. The van der Waals surface area contributed by atoms with Crippen LogP contribution in [0, 0.1) is 0 Å². The van der Waals surface area contributed by atoms with Crippen LogP contribution in [0.2, 0.25) is 0 Å². The molecule has 0 amide bonds. The maximum atomic E-state index is 10.0. The molecule has 2 aromatic carbocycles. The van der Waals surface area contributed by atoms with Crippen molar-refractivity contribution in [3.8, 4) is 0 Å². The standard InChI is InChI=1S/C16H20O3/c1-15(2,18)13-6-4-12-9-14(16(3,19)10-17)7-5-11(12)8-13/h4-9,17-19H,10H2,1-3H3. The zero-order valence-electron chi connectivity index (χ0n) is 11.5. The Hall–Kier alpha value is -1.42. The first-order chi connectivity index (χ1) is 8.74. The molecule has 3 N–H and O–H groups in total. The molecule has 0 aliphatic carbocycles. The largest absolute Gasteiger partial charge is 0.393 e. The summed E-state index contributed by atoms with van der Waals surface area (Å²) in [6.45, 7) is 4.76. The molecule has 3 nitrogen and oxygen atoms in total. The summed E-state index contributed by atoms with van der Waals surface area (Å²) in [4.78, 5) is 0. The van der Waals surface area contributed by atoms with Crippen molar-refractivity contribution in [1.29, 1.82) is 0 Å². The predicted molar refractivity (Wildman–Crippen MR) is 75.8 cm³/mol. The first-order valence-electron chi connectivity index (χ1n) is 6.34. The quantitative estimate of drug-likeness (QED) is 0.793. The van der Waals surface area contributed by atoms with Crippen LogP contribution in [0.1, 0.15) is 31.9 Å². The Morgan fingerprint density at radius 1 is 0.842 bits per heavy atom. The van der Waals surface area contributed by atoms with E-state index in [4.69, 9.17) is 0 Å². The SMILES string of the molecule is CC(C)(O)c1ccc2cc(C(C)(O)CO)ccc2c1. The van der Waals surface area contributed by atoms with Gasteiger partial charge in [0.25, 0.3) is 0 Å². The smallest absolute Gasteiger partial charge is 0.110 e. The van der Waals surface area contributed by atoms with E-state index < -0.39 is 11.2 Å². The highest BCUT2D eigenvalue weighted by atomic mass is 16.3. The first-order valence-corrected chi connectivity index (χ1v) is 6.34. The predicted octanol–water partition coefficient (Wildman–Crippen LogP) is 2.27. The normalized spacial score (nSPS) is 15.5. The second-order valence-electron chi connectivity index (χ2n) is 5.77. The lowest BCUT2D eigenvalue weighted by molar-refractivity contribution is -0.00217. The highest BCUT2D eigenvalue weighted by Gasteiger charge is 2.22. The van der Waals surface area contributed by atoms with Crippen LogP contribution in [-0.2, 0) is 11.2 Å². The van der Waals surface area contributed by atoms with Crippen molar-refractivity contribution in [3.63, 3.8) is 0 Å². The van der Waals surface area contributed by atoms with Gasteiger partial charge in [-0.2, -0.15) is 0 Å². The minimum Gasteiger partial charge on any atom is -0.393 e. The van der Waals surface area contributed by atoms with Gasteiger partial charge in [0.15, 0.2) is 0 Å². The Bertz CT molecular complexity index is 594. The average molecular weight is 260 g/mol. The minimum atomic E-state index is -1.23. The second-order valence-corrected chi connectivity index (χ2v) is 5.77. The summed E-state index contributed by atoms with van der Waals surface area (Å²) >= 11 is 0. The Labute approximate surface area is 113 Å². The van der Waals surface area contributed by atoms with E-state index in [1.807, 2.05) is 30.3 Å². The van der Waals surface area contributed by atoms with Gasteiger partial charge in [0.2, 0.25) is 0 Å². The zero-order chi connectivity index (χ0) is 14.3. The van der Waals surface area contributed by atoms with E-state index in [1.165, 1.54) is 0 Å². The fourth-order valence-electron chi connectivity index (χ4n) is 2.05. The molecule has 0 aromatic heterocycles. The summed E-state index contributed by atoms with van der Waals surface area (Å²) in [6, 6.07) is 11.3. The van der Waals surface area contributed by atoms with Crippen molar-refractivity contribution >= 4 is 10.8 Å². The van der Waals surface area contributed by atoms with Crippen molar-refractivity contribution < 1.29 is 15.3 Å². The molecule has 0 radical (unpaired) electrons. The fraction of sp³-hybridized carbons (Fsp3) is 0.375. The van der Waals surface area contributed by atoms with Crippen LogP contribution in [0.15, 0.2) is 36.4 Å². The molecule has 0 spiro atoms. The molecular formula is C16H20O3. The molecule has 0 heterocycles. The molecule has 2 aromatic rings. The molecule has 1 atom stereocenters. The summed E-state index contributed by atoms with van der Waals surface area (Å²) in [5.41, 5.74) is -0.577. The van der Waals surface area contributed by atoms with Crippen LogP contribution < -0.4 is 0 Å². The van der Waals surface area contributed by atoms with Crippen LogP contribution in [0.25, 0.3) is 10.8 Å². The summed E-state index contributed by atoms with van der Waals surface area (Å²) in [5.74, 6) is 0. The molecule has 0 saturated carbocycles. The van der Waals surface area contributed by atoms with E-state index in [0.717, 1.165) is 16.3 Å². The lowest BCUT2D eigenvalue weighted by atomic mass is 9.91. The number of aliphatic hydroxyl groups is 3. The number of benzene rings is 2. The molecule has 2 rings (SSSR count). The third-order valence-corrected chi connectivity index (χ3v) is 3.48. The highest BCUT2D eigenvalue weighted by Crippen LogP contribution is 2.28. The molecule has 0 aliphatic heterocycles. The summed E-state index contributed by atoms with van der Waals surface area (Å²) in [7, 11) is 0. The lowest BCUT2D eigenvalue weighted by Gasteiger charge is -2.22. The van der Waals surface area contributed by atoms with Crippen molar-refractivity contribution in [2.45, 2.75) is 32.0 Å². The fourth-order valence-corrected chi connectivity index (χ4v) is 2.05. The Balaban J connectivity index is 2.53. The van der Waals surface area contributed by atoms with Crippen LogP contribution >= 0.6 is 0 Å². The Kier molecular flexibility index (Phi) is 3.39. The van der Waals surface area contributed by atoms with Crippen LogP contribution in [0.4, 0.5) is 0 Å². The molecular weight excluding hydrogens is 240 g/mol. The van der Waals surface area contributed by atoms with Gasteiger partial charge in [-0.25, -0.2) is 0 Å². The van der Waals surface area contributed by atoms with Gasteiger partial charge in [0.05, 0.1) is 12.2 Å². The van der Waals surface area contributed by atoms with Crippen molar-refractivity contribution in [1.82, 2.24) is 0 Å². The maximum absolute atomic E-state index is 10.0. The van der Waals surface area contributed by atoms with Crippen LogP contribution in [-0.4, -0.2) is 21.9 Å². The molecule has 0 fully saturated rings. The highest BCUT2D eigenvalue weighted by molar-refractivity contribution is 5.84. The Morgan fingerprint density at radius 3 is 1.79 bits per heavy atom. The van der Waals surface area contributed by atoms with Crippen molar-refractivity contribution in [3.05, 3.63) is 47.5 Å². The van der Waals surface area contributed by atoms with Crippen molar-refractivity contribution in [2.24, 2.45) is 0 Å². The molecule has 0 saturated heterocycles. The second kappa shape index (κ2) is 4.60. The van der Waals surface area contributed by atoms with Gasteiger partial charge in [0, 0.05) is 0 Å². The van der Waals surface area contributed by atoms with E-state index >= 15 is 0 Å². The van der Waals surface area contributed by atoms with E-state index in [2.05, 4.69) is 0 Å². The minimum absolute atomic E-state index is 0.319. The molecule has 19 heavy (non-hydrogen) atoms. The van der Waals surface area contributed by atoms with Crippen LogP contribution in [0.3, 0.4) is 0 Å². The van der Waals surface area contributed by atoms with Gasteiger partial charge in [-0.15, -0.1) is 0 Å². The monoisotopic (exact) mass is 260 g/mol. The third-order valence-electron chi connectivity index (χ3n) is 3.48. The summed E-state index contributed by atoms with van der Waals surface area (Å²) in [5, 5.41) is 31.2. The molecule has 0 bridgehead atoms. The third kappa shape index (κ3) is 2.78. The zero-order valence-corrected chi connectivity index (χ0v) is 11.5. The molecule has 0 aliphatic rings. The number of fused-ring (bicyclic) bond motifs is 1. The number of aliphatic hydroxyl groups excluding tert-OH is 1. The van der Waals surface area contributed by atoms with Gasteiger partial charge < -0.3 is 15.3 Å². The van der Waals surface area contributed by atoms with Gasteiger partial charge in [-0.05, 0) is 54.8 Å². The average Bonchev–Trinajstić information content (AvgIpc) is 2.36. The number of rotatable bonds is 3. The van der Waals surface area contributed by atoms with Gasteiger partial charge >= 0.3 is 0 Å². The lowest BCUT2D eigenvalue weighted by Crippen LogP contribution is -2.25. The molecule has 1 unspecified atom stereocenters. The molecule has 3 heteroatoms. The number of hydrogen-bond donors (Lipinski definition) is 3.